The maximum Gasteiger partial charge on any atom is 0.164 e. The first-order valence-electron chi connectivity index (χ1n) is 18.7. The zero-order valence-electron chi connectivity index (χ0n) is 30.1. The number of hydrogen-bond acceptors (Lipinski definition) is 5. The van der Waals surface area contributed by atoms with Crippen LogP contribution in [0.15, 0.2) is 192 Å². The number of fused-ring (bicyclic) bond motifs is 6. The van der Waals surface area contributed by atoms with Crippen LogP contribution in [0.2, 0.25) is 0 Å². The van der Waals surface area contributed by atoms with Crippen LogP contribution in [0.25, 0.3) is 110 Å². The number of furan rings is 1. The van der Waals surface area contributed by atoms with E-state index in [4.69, 9.17) is 19.4 Å². The summed E-state index contributed by atoms with van der Waals surface area (Å²) in [6.07, 6.45) is 0. The van der Waals surface area contributed by atoms with Crippen molar-refractivity contribution in [3.05, 3.63) is 188 Å². The van der Waals surface area contributed by atoms with Gasteiger partial charge >= 0.3 is 0 Å². The molecule has 11 aromatic rings. The molecule has 0 spiro atoms. The van der Waals surface area contributed by atoms with Crippen LogP contribution in [0.1, 0.15) is 0 Å². The predicted molar refractivity (Wildman–Crippen MR) is 233 cm³/mol. The summed E-state index contributed by atoms with van der Waals surface area (Å²) in [6, 6.07) is 65.5. The summed E-state index contributed by atoms with van der Waals surface area (Å²) in [5.74, 6) is 1.90. The number of thiophene rings is 1. The summed E-state index contributed by atoms with van der Waals surface area (Å²) in [6.45, 7) is 0. The highest BCUT2D eigenvalue weighted by molar-refractivity contribution is 7.26. The molecule has 0 bridgehead atoms. The Balaban J connectivity index is 1.08. The van der Waals surface area contributed by atoms with Crippen molar-refractivity contribution in [3.8, 4) is 67.5 Å². The molecule has 0 unspecified atom stereocenters. The van der Waals surface area contributed by atoms with Crippen LogP contribution < -0.4 is 0 Å². The van der Waals surface area contributed by atoms with Gasteiger partial charge in [0.25, 0.3) is 0 Å². The lowest BCUT2D eigenvalue weighted by molar-refractivity contribution is 0.670. The SMILES string of the molecule is c1ccc(-c2nc(-c3ccccc3)nc(-c3cccc(-c4cccc5oc6c(-c7ccc(-c8ccccc8)c8sc9ccccc9c78)cccc6c45)c3)n2)cc1. The molecule has 3 aromatic heterocycles. The summed E-state index contributed by atoms with van der Waals surface area (Å²) in [7, 11) is 0. The van der Waals surface area contributed by atoms with Gasteiger partial charge in [0.05, 0.1) is 0 Å². The molecule has 3 heterocycles. The van der Waals surface area contributed by atoms with Crippen LogP contribution in [0.4, 0.5) is 0 Å². The first kappa shape index (κ1) is 32.2. The summed E-state index contributed by atoms with van der Waals surface area (Å²) >= 11 is 1.86. The van der Waals surface area contributed by atoms with Gasteiger partial charge in [-0.15, -0.1) is 11.3 Å². The molecule has 5 heteroatoms. The van der Waals surface area contributed by atoms with Crippen molar-refractivity contribution in [2.24, 2.45) is 0 Å². The Kier molecular flexibility index (Phi) is 7.64. The maximum atomic E-state index is 6.87. The number of rotatable bonds is 6. The van der Waals surface area contributed by atoms with Crippen molar-refractivity contribution in [3.63, 3.8) is 0 Å². The van der Waals surface area contributed by atoms with Crippen molar-refractivity contribution >= 4 is 53.4 Å². The van der Waals surface area contributed by atoms with Crippen molar-refractivity contribution in [1.29, 1.82) is 0 Å². The van der Waals surface area contributed by atoms with E-state index in [-0.39, 0.29) is 0 Å². The highest BCUT2D eigenvalue weighted by atomic mass is 32.1. The first-order chi connectivity index (χ1) is 27.8. The van der Waals surface area contributed by atoms with Gasteiger partial charge in [-0.3, -0.25) is 0 Å². The summed E-state index contributed by atoms with van der Waals surface area (Å²) in [4.78, 5) is 14.9. The molecular weight excluding hydrogens is 703 g/mol. The fraction of sp³-hybridized carbons (Fsp3) is 0. The Labute approximate surface area is 327 Å². The Hall–Kier alpha value is -7.21. The lowest BCUT2D eigenvalue weighted by Gasteiger charge is -2.10. The van der Waals surface area contributed by atoms with E-state index in [9.17, 15) is 0 Å². The average molecular weight is 734 g/mol. The van der Waals surface area contributed by atoms with Crippen molar-refractivity contribution in [1.82, 2.24) is 15.0 Å². The zero-order valence-corrected chi connectivity index (χ0v) is 30.9. The van der Waals surface area contributed by atoms with E-state index in [2.05, 4.69) is 127 Å². The second kappa shape index (κ2) is 13.3. The molecule has 0 N–H and O–H groups in total. The molecule has 262 valence electrons. The molecule has 0 aliphatic carbocycles. The van der Waals surface area contributed by atoms with E-state index in [1.807, 2.05) is 72.0 Å². The standard InChI is InChI=1S/C51H31N3OS/c1-4-15-32(16-5-1)38-29-30-39(46-41-23-10-11-28-44(41)56-48(38)46)40-25-13-26-42-45-37(24-14-27-43(45)55-47(40)42)35-21-12-22-36(31-35)51-53-49(33-17-6-2-7-18-33)52-50(54-51)34-19-8-3-9-20-34/h1-31H. The molecule has 0 aliphatic heterocycles. The minimum atomic E-state index is 0.622. The van der Waals surface area contributed by atoms with Crippen molar-refractivity contribution < 1.29 is 4.42 Å². The average Bonchev–Trinajstić information content (AvgIpc) is 3.86. The molecule has 56 heavy (non-hydrogen) atoms. The predicted octanol–water partition coefficient (Wildman–Crippen LogP) is 14.1. The number of nitrogens with zero attached hydrogens (tertiary/aromatic N) is 3. The molecule has 0 aliphatic rings. The largest absolute Gasteiger partial charge is 0.455 e. The molecule has 0 radical (unpaired) electrons. The second-order valence-electron chi connectivity index (χ2n) is 13.9. The van der Waals surface area contributed by atoms with Crippen LogP contribution in [-0.4, -0.2) is 15.0 Å². The summed E-state index contributed by atoms with van der Waals surface area (Å²) < 4.78 is 9.42. The van der Waals surface area contributed by atoms with Gasteiger partial charge in [0, 0.05) is 53.2 Å². The quantitative estimate of drug-likeness (QED) is 0.171. The van der Waals surface area contributed by atoms with E-state index in [0.717, 1.165) is 55.3 Å². The van der Waals surface area contributed by atoms with Gasteiger partial charge in [-0.05, 0) is 46.0 Å². The number of benzene rings is 8. The van der Waals surface area contributed by atoms with Gasteiger partial charge in [0.1, 0.15) is 11.2 Å². The second-order valence-corrected chi connectivity index (χ2v) is 15.0. The summed E-state index contributed by atoms with van der Waals surface area (Å²) in [5.41, 5.74) is 11.4. The molecule has 0 fully saturated rings. The van der Waals surface area contributed by atoms with E-state index in [1.165, 1.54) is 36.9 Å². The monoisotopic (exact) mass is 733 g/mol. The number of para-hydroxylation sites is 1. The Bertz CT molecular complexity index is 3180. The van der Waals surface area contributed by atoms with Crippen LogP contribution in [0, 0.1) is 0 Å². The van der Waals surface area contributed by atoms with Gasteiger partial charge in [-0.25, -0.2) is 15.0 Å². The molecular formula is C51H31N3OS. The van der Waals surface area contributed by atoms with Crippen LogP contribution in [-0.2, 0) is 0 Å². The Morgan fingerprint density at radius 2 is 0.893 bits per heavy atom. The van der Waals surface area contributed by atoms with Gasteiger partial charge in [-0.2, -0.15) is 0 Å². The molecule has 4 nitrogen and oxygen atoms in total. The minimum Gasteiger partial charge on any atom is -0.455 e. The lowest BCUT2D eigenvalue weighted by Crippen LogP contribution is -2.00. The number of aromatic nitrogens is 3. The van der Waals surface area contributed by atoms with Gasteiger partial charge in [0.2, 0.25) is 0 Å². The van der Waals surface area contributed by atoms with Crippen LogP contribution >= 0.6 is 11.3 Å². The van der Waals surface area contributed by atoms with Crippen molar-refractivity contribution in [2.75, 3.05) is 0 Å². The van der Waals surface area contributed by atoms with Gasteiger partial charge in [0.15, 0.2) is 17.5 Å². The molecule has 11 rings (SSSR count). The molecule has 0 amide bonds. The Morgan fingerprint density at radius 3 is 1.62 bits per heavy atom. The van der Waals surface area contributed by atoms with Crippen molar-refractivity contribution in [2.45, 2.75) is 0 Å². The third-order valence-corrected chi connectivity index (χ3v) is 11.8. The van der Waals surface area contributed by atoms with Crippen LogP contribution in [0.3, 0.4) is 0 Å². The van der Waals surface area contributed by atoms with E-state index < -0.39 is 0 Å². The van der Waals surface area contributed by atoms with E-state index >= 15 is 0 Å². The van der Waals surface area contributed by atoms with Gasteiger partial charge in [-0.1, -0.05) is 170 Å². The highest BCUT2D eigenvalue weighted by Gasteiger charge is 2.21. The summed E-state index contributed by atoms with van der Waals surface area (Å²) in [5, 5.41) is 4.68. The molecule has 0 saturated carbocycles. The minimum absolute atomic E-state index is 0.622. The number of hydrogen-bond donors (Lipinski definition) is 0. The Morgan fingerprint density at radius 1 is 0.357 bits per heavy atom. The maximum absolute atomic E-state index is 6.87. The third kappa shape index (κ3) is 5.40. The fourth-order valence-electron chi connectivity index (χ4n) is 7.96. The first-order valence-corrected chi connectivity index (χ1v) is 19.5. The third-order valence-electron chi connectivity index (χ3n) is 10.6. The topological polar surface area (TPSA) is 51.8 Å². The smallest absolute Gasteiger partial charge is 0.164 e. The lowest BCUT2D eigenvalue weighted by atomic mass is 9.93. The van der Waals surface area contributed by atoms with E-state index in [0.29, 0.717) is 17.5 Å². The van der Waals surface area contributed by atoms with Gasteiger partial charge < -0.3 is 4.42 Å². The molecule has 0 atom stereocenters. The zero-order chi connectivity index (χ0) is 37.0. The van der Waals surface area contributed by atoms with Crippen LogP contribution in [0.5, 0.6) is 0 Å². The fourth-order valence-corrected chi connectivity index (χ4v) is 9.23. The van der Waals surface area contributed by atoms with E-state index in [1.54, 1.807) is 0 Å². The normalized spacial score (nSPS) is 11.6. The molecule has 0 saturated heterocycles. The molecule has 8 aromatic carbocycles. The highest BCUT2D eigenvalue weighted by Crippen LogP contribution is 2.48.